The van der Waals surface area contributed by atoms with Crippen LogP contribution in [0.25, 0.3) is 0 Å². The second kappa shape index (κ2) is 5.50. The van der Waals surface area contributed by atoms with Gasteiger partial charge in [-0.15, -0.1) is 0 Å². The van der Waals surface area contributed by atoms with Gasteiger partial charge in [0.25, 0.3) is 0 Å². The lowest BCUT2D eigenvalue weighted by atomic mass is 10.0. The highest BCUT2D eigenvalue weighted by Gasteiger charge is 2.13. The van der Waals surface area contributed by atoms with E-state index in [1.807, 2.05) is 18.2 Å². The SMILES string of the molecule is N#Cc1cccc(NCCC2CCCC2)n1. The molecule has 2 rings (SSSR count). The maximum atomic E-state index is 8.72. The Morgan fingerprint density at radius 3 is 2.94 bits per heavy atom. The van der Waals surface area contributed by atoms with Crippen LogP contribution < -0.4 is 5.32 Å². The zero-order valence-electron chi connectivity index (χ0n) is 9.45. The predicted octanol–water partition coefficient (Wildman–Crippen LogP) is 2.95. The fourth-order valence-electron chi connectivity index (χ4n) is 2.30. The van der Waals surface area contributed by atoms with Crippen LogP contribution in [-0.4, -0.2) is 11.5 Å². The minimum Gasteiger partial charge on any atom is -0.370 e. The first-order chi connectivity index (χ1) is 7.88. The Morgan fingerprint density at radius 1 is 1.38 bits per heavy atom. The molecule has 0 saturated heterocycles. The Kier molecular flexibility index (Phi) is 3.76. The van der Waals surface area contributed by atoms with Crippen LogP contribution in [0.1, 0.15) is 37.8 Å². The molecule has 1 aliphatic rings. The van der Waals surface area contributed by atoms with E-state index in [2.05, 4.69) is 10.3 Å². The molecule has 0 aliphatic heterocycles. The Morgan fingerprint density at radius 2 is 2.19 bits per heavy atom. The molecule has 1 aliphatic carbocycles. The second-order valence-electron chi connectivity index (χ2n) is 4.39. The molecular formula is C13H17N3. The van der Waals surface area contributed by atoms with Crippen LogP contribution in [0.5, 0.6) is 0 Å². The van der Waals surface area contributed by atoms with Crippen LogP contribution in [0.4, 0.5) is 5.82 Å². The summed E-state index contributed by atoms with van der Waals surface area (Å²) >= 11 is 0. The van der Waals surface area contributed by atoms with Crippen molar-refractivity contribution in [1.29, 1.82) is 5.26 Å². The zero-order chi connectivity index (χ0) is 11.2. The highest BCUT2D eigenvalue weighted by molar-refractivity contribution is 5.38. The van der Waals surface area contributed by atoms with Gasteiger partial charge < -0.3 is 5.32 Å². The molecule has 0 unspecified atom stereocenters. The molecule has 16 heavy (non-hydrogen) atoms. The number of hydrogen-bond acceptors (Lipinski definition) is 3. The third-order valence-corrected chi connectivity index (χ3v) is 3.20. The van der Waals surface area contributed by atoms with E-state index in [-0.39, 0.29) is 0 Å². The summed E-state index contributed by atoms with van der Waals surface area (Å²) in [4.78, 5) is 4.18. The predicted molar refractivity (Wildman–Crippen MR) is 64.0 cm³/mol. The minimum absolute atomic E-state index is 0.478. The standard InChI is InChI=1S/C13H17N3/c14-10-12-6-3-7-13(16-12)15-9-8-11-4-1-2-5-11/h3,6-7,11H,1-2,4-5,8-9H2,(H,15,16). The number of nitrogens with one attached hydrogen (secondary N) is 1. The Labute approximate surface area is 96.5 Å². The van der Waals surface area contributed by atoms with Crippen LogP contribution in [-0.2, 0) is 0 Å². The molecule has 3 heteroatoms. The van der Waals surface area contributed by atoms with E-state index in [4.69, 9.17) is 5.26 Å². The normalized spacial score (nSPS) is 15.9. The van der Waals surface area contributed by atoms with E-state index in [9.17, 15) is 0 Å². The molecule has 0 amide bonds. The summed E-state index contributed by atoms with van der Waals surface area (Å²) in [6, 6.07) is 7.55. The van der Waals surface area contributed by atoms with Gasteiger partial charge in [-0.25, -0.2) is 4.98 Å². The number of rotatable bonds is 4. The Hall–Kier alpha value is -1.56. The fourth-order valence-corrected chi connectivity index (χ4v) is 2.30. The summed E-state index contributed by atoms with van der Waals surface area (Å²) in [6.45, 7) is 0.965. The van der Waals surface area contributed by atoms with Gasteiger partial charge >= 0.3 is 0 Å². The van der Waals surface area contributed by atoms with Gasteiger partial charge in [-0.1, -0.05) is 31.7 Å². The number of hydrogen-bond donors (Lipinski definition) is 1. The first kappa shape index (κ1) is 10.9. The summed E-state index contributed by atoms with van der Waals surface area (Å²) in [7, 11) is 0. The molecule has 0 atom stereocenters. The van der Waals surface area contributed by atoms with Gasteiger partial charge in [0.1, 0.15) is 17.6 Å². The van der Waals surface area contributed by atoms with Gasteiger partial charge in [-0.2, -0.15) is 5.26 Å². The van der Waals surface area contributed by atoms with E-state index in [1.165, 1.54) is 32.1 Å². The van der Waals surface area contributed by atoms with Crippen molar-refractivity contribution in [2.24, 2.45) is 5.92 Å². The highest BCUT2D eigenvalue weighted by Crippen LogP contribution is 2.27. The topological polar surface area (TPSA) is 48.7 Å². The Balaban J connectivity index is 1.78. The molecule has 1 saturated carbocycles. The summed E-state index contributed by atoms with van der Waals surface area (Å²) < 4.78 is 0. The number of nitriles is 1. The summed E-state index contributed by atoms with van der Waals surface area (Å²) in [5, 5.41) is 12.0. The van der Waals surface area contributed by atoms with E-state index < -0.39 is 0 Å². The van der Waals surface area contributed by atoms with Gasteiger partial charge in [-0.3, -0.25) is 0 Å². The zero-order valence-corrected chi connectivity index (χ0v) is 9.45. The monoisotopic (exact) mass is 215 g/mol. The first-order valence-corrected chi connectivity index (χ1v) is 5.99. The number of anilines is 1. The van der Waals surface area contributed by atoms with Crippen LogP contribution >= 0.6 is 0 Å². The first-order valence-electron chi connectivity index (χ1n) is 5.99. The van der Waals surface area contributed by atoms with Crippen LogP contribution in [0.3, 0.4) is 0 Å². The van der Waals surface area contributed by atoms with Gasteiger partial charge in [0.15, 0.2) is 0 Å². The minimum atomic E-state index is 0.478. The summed E-state index contributed by atoms with van der Waals surface area (Å²) in [5.41, 5.74) is 0.478. The van der Waals surface area contributed by atoms with Crippen molar-refractivity contribution in [3.8, 4) is 6.07 Å². The smallest absolute Gasteiger partial charge is 0.142 e. The van der Waals surface area contributed by atoms with Crippen molar-refractivity contribution >= 4 is 5.82 Å². The van der Waals surface area contributed by atoms with Gasteiger partial charge in [-0.05, 0) is 24.5 Å². The van der Waals surface area contributed by atoms with E-state index in [0.717, 1.165) is 18.3 Å². The molecule has 1 heterocycles. The average Bonchev–Trinajstić information content (AvgIpc) is 2.82. The molecule has 84 valence electrons. The molecule has 0 spiro atoms. The molecule has 0 radical (unpaired) electrons. The van der Waals surface area contributed by atoms with Crippen LogP contribution in [0.2, 0.25) is 0 Å². The van der Waals surface area contributed by atoms with Crippen molar-refractivity contribution < 1.29 is 0 Å². The van der Waals surface area contributed by atoms with Crippen molar-refractivity contribution in [3.63, 3.8) is 0 Å². The van der Waals surface area contributed by atoms with Gasteiger partial charge in [0, 0.05) is 6.54 Å². The molecule has 1 aromatic heterocycles. The fraction of sp³-hybridized carbons (Fsp3) is 0.538. The largest absolute Gasteiger partial charge is 0.370 e. The third kappa shape index (κ3) is 2.96. The number of pyridine rings is 1. The molecule has 1 fully saturated rings. The molecular weight excluding hydrogens is 198 g/mol. The van der Waals surface area contributed by atoms with Crippen molar-refractivity contribution in [3.05, 3.63) is 23.9 Å². The van der Waals surface area contributed by atoms with Gasteiger partial charge in [0.2, 0.25) is 0 Å². The third-order valence-electron chi connectivity index (χ3n) is 3.20. The van der Waals surface area contributed by atoms with Crippen LogP contribution in [0.15, 0.2) is 18.2 Å². The Bertz CT molecular complexity index is 375. The molecule has 1 aromatic rings. The molecule has 3 nitrogen and oxygen atoms in total. The maximum absolute atomic E-state index is 8.72. The van der Waals surface area contributed by atoms with Crippen molar-refractivity contribution in [1.82, 2.24) is 4.98 Å². The van der Waals surface area contributed by atoms with Crippen LogP contribution in [0, 0.1) is 17.2 Å². The molecule has 0 bridgehead atoms. The van der Waals surface area contributed by atoms with Crippen molar-refractivity contribution in [2.45, 2.75) is 32.1 Å². The van der Waals surface area contributed by atoms with E-state index >= 15 is 0 Å². The second-order valence-corrected chi connectivity index (χ2v) is 4.39. The number of aromatic nitrogens is 1. The molecule has 1 N–H and O–H groups in total. The summed E-state index contributed by atoms with van der Waals surface area (Å²) in [5.74, 6) is 1.71. The lowest BCUT2D eigenvalue weighted by Gasteiger charge is -2.10. The quantitative estimate of drug-likeness (QED) is 0.840. The summed E-state index contributed by atoms with van der Waals surface area (Å²) in [6.07, 6.45) is 6.78. The van der Waals surface area contributed by atoms with E-state index in [1.54, 1.807) is 6.07 Å². The average molecular weight is 215 g/mol. The highest BCUT2D eigenvalue weighted by atomic mass is 15.0. The van der Waals surface area contributed by atoms with Gasteiger partial charge in [0.05, 0.1) is 0 Å². The van der Waals surface area contributed by atoms with Crippen molar-refractivity contribution in [2.75, 3.05) is 11.9 Å². The lowest BCUT2D eigenvalue weighted by Crippen LogP contribution is -2.07. The maximum Gasteiger partial charge on any atom is 0.142 e. The van der Waals surface area contributed by atoms with E-state index in [0.29, 0.717) is 5.69 Å². The number of nitrogens with zero attached hydrogens (tertiary/aromatic N) is 2. The molecule has 0 aromatic carbocycles. The lowest BCUT2D eigenvalue weighted by molar-refractivity contribution is 0.518.